The van der Waals surface area contributed by atoms with Crippen LogP contribution in [0.3, 0.4) is 0 Å². The summed E-state index contributed by atoms with van der Waals surface area (Å²) in [5, 5.41) is 7.19. The SMILES string of the molecule is CCc1ncc(CNC(C)c2ccc(NC(N)=O)cc2)s1. The molecule has 0 radical (unpaired) electrons. The number of aryl methyl sites for hydroxylation is 1. The molecule has 0 saturated heterocycles. The van der Waals surface area contributed by atoms with Gasteiger partial charge in [-0.2, -0.15) is 0 Å². The van der Waals surface area contributed by atoms with Gasteiger partial charge in [0.2, 0.25) is 0 Å². The average Bonchev–Trinajstić information content (AvgIpc) is 2.93. The number of amides is 2. The molecule has 112 valence electrons. The zero-order valence-electron chi connectivity index (χ0n) is 12.2. The van der Waals surface area contributed by atoms with E-state index in [1.54, 1.807) is 11.3 Å². The molecule has 5 nitrogen and oxygen atoms in total. The molecular formula is C15H20N4OS. The molecule has 2 amide bonds. The normalized spacial score (nSPS) is 12.1. The Balaban J connectivity index is 1.90. The van der Waals surface area contributed by atoms with E-state index in [9.17, 15) is 4.79 Å². The molecule has 6 heteroatoms. The van der Waals surface area contributed by atoms with Crippen molar-refractivity contribution >= 4 is 23.1 Å². The third kappa shape index (κ3) is 4.54. The first-order chi connectivity index (χ1) is 10.1. The first-order valence-electron chi connectivity index (χ1n) is 6.92. The Kier molecular flexibility index (Phi) is 5.30. The lowest BCUT2D eigenvalue weighted by molar-refractivity contribution is 0.259. The molecule has 0 bridgehead atoms. The third-order valence-corrected chi connectivity index (χ3v) is 4.31. The van der Waals surface area contributed by atoms with Crippen molar-refractivity contribution in [3.05, 3.63) is 45.9 Å². The number of nitrogens with two attached hydrogens (primary N) is 1. The lowest BCUT2D eigenvalue weighted by Gasteiger charge is -2.14. The van der Waals surface area contributed by atoms with E-state index in [0.717, 1.165) is 18.5 Å². The number of aromatic nitrogens is 1. The topological polar surface area (TPSA) is 80.0 Å². The molecule has 2 rings (SSSR count). The van der Waals surface area contributed by atoms with Crippen molar-refractivity contribution in [2.45, 2.75) is 32.9 Å². The van der Waals surface area contributed by atoms with Crippen LogP contribution in [-0.2, 0) is 13.0 Å². The molecule has 0 aliphatic rings. The number of hydrogen-bond acceptors (Lipinski definition) is 4. The fourth-order valence-corrected chi connectivity index (χ4v) is 2.78. The fraction of sp³-hybridized carbons (Fsp3) is 0.333. The first kappa shape index (κ1) is 15.5. The van der Waals surface area contributed by atoms with Crippen LogP contribution >= 0.6 is 11.3 Å². The third-order valence-electron chi connectivity index (χ3n) is 3.16. The van der Waals surface area contributed by atoms with Gasteiger partial charge in [0, 0.05) is 29.3 Å². The number of primary amides is 1. The summed E-state index contributed by atoms with van der Waals surface area (Å²) >= 11 is 1.74. The summed E-state index contributed by atoms with van der Waals surface area (Å²) < 4.78 is 0. The van der Waals surface area contributed by atoms with Gasteiger partial charge >= 0.3 is 6.03 Å². The van der Waals surface area contributed by atoms with E-state index >= 15 is 0 Å². The van der Waals surface area contributed by atoms with Crippen molar-refractivity contribution in [2.75, 3.05) is 5.32 Å². The van der Waals surface area contributed by atoms with Crippen LogP contribution in [-0.4, -0.2) is 11.0 Å². The van der Waals surface area contributed by atoms with Crippen LogP contribution in [0.4, 0.5) is 10.5 Å². The quantitative estimate of drug-likeness (QED) is 0.767. The molecule has 0 saturated carbocycles. The zero-order chi connectivity index (χ0) is 15.2. The van der Waals surface area contributed by atoms with Gasteiger partial charge in [-0.3, -0.25) is 0 Å². The Morgan fingerprint density at radius 2 is 2.10 bits per heavy atom. The number of anilines is 1. The molecular weight excluding hydrogens is 284 g/mol. The summed E-state index contributed by atoms with van der Waals surface area (Å²) in [6.07, 6.45) is 2.91. The predicted molar refractivity (Wildman–Crippen MR) is 86.4 cm³/mol. The molecule has 1 unspecified atom stereocenters. The van der Waals surface area contributed by atoms with Gasteiger partial charge in [-0.15, -0.1) is 11.3 Å². The Bertz CT molecular complexity index is 594. The van der Waals surface area contributed by atoms with Gasteiger partial charge in [-0.25, -0.2) is 9.78 Å². The van der Waals surface area contributed by atoms with Crippen LogP contribution < -0.4 is 16.4 Å². The first-order valence-corrected chi connectivity index (χ1v) is 7.73. The van der Waals surface area contributed by atoms with Gasteiger partial charge in [0.1, 0.15) is 0 Å². The number of urea groups is 1. The molecule has 1 aromatic heterocycles. The minimum absolute atomic E-state index is 0.222. The van der Waals surface area contributed by atoms with Crippen molar-refractivity contribution < 1.29 is 4.79 Å². The number of benzene rings is 1. The summed E-state index contributed by atoms with van der Waals surface area (Å²) in [7, 11) is 0. The molecule has 1 heterocycles. The van der Waals surface area contributed by atoms with Crippen molar-refractivity contribution in [3.63, 3.8) is 0 Å². The highest BCUT2D eigenvalue weighted by molar-refractivity contribution is 7.11. The molecule has 2 aromatic rings. The lowest BCUT2D eigenvalue weighted by atomic mass is 10.1. The van der Waals surface area contributed by atoms with Gasteiger partial charge in [-0.05, 0) is 31.0 Å². The highest BCUT2D eigenvalue weighted by Gasteiger charge is 2.07. The number of carbonyl (C=O) groups excluding carboxylic acids is 1. The highest BCUT2D eigenvalue weighted by atomic mass is 32.1. The van der Waals surface area contributed by atoms with Crippen molar-refractivity contribution in [1.29, 1.82) is 0 Å². The fourth-order valence-electron chi connectivity index (χ4n) is 1.96. The Morgan fingerprint density at radius 1 is 1.38 bits per heavy atom. The monoisotopic (exact) mass is 304 g/mol. The van der Waals surface area contributed by atoms with Gasteiger partial charge in [-0.1, -0.05) is 19.1 Å². The summed E-state index contributed by atoms with van der Waals surface area (Å²) in [6.45, 7) is 5.03. The smallest absolute Gasteiger partial charge is 0.316 e. The highest BCUT2D eigenvalue weighted by Crippen LogP contribution is 2.18. The maximum Gasteiger partial charge on any atom is 0.316 e. The minimum Gasteiger partial charge on any atom is -0.351 e. The Labute approximate surface area is 128 Å². The molecule has 0 aliphatic carbocycles. The van der Waals surface area contributed by atoms with E-state index in [-0.39, 0.29) is 6.04 Å². The second-order valence-corrected chi connectivity index (χ2v) is 5.99. The van der Waals surface area contributed by atoms with Gasteiger partial charge in [0.05, 0.1) is 5.01 Å². The van der Waals surface area contributed by atoms with Crippen LogP contribution in [0.2, 0.25) is 0 Å². The predicted octanol–water partition coefficient (Wildman–Crippen LogP) is 3.05. The Morgan fingerprint density at radius 3 is 2.67 bits per heavy atom. The summed E-state index contributed by atoms with van der Waals surface area (Å²) in [4.78, 5) is 16.4. The van der Waals surface area contributed by atoms with Gasteiger partial charge in [0.25, 0.3) is 0 Å². The summed E-state index contributed by atoms with van der Waals surface area (Å²) in [6, 6.07) is 7.33. The van der Waals surface area contributed by atoms with Crippen molar-refractivity contribution in [2.24, 2.45) is 5.73 Å². The van der Waals surface area contributed by atoms with Crippen LogP contribution in [0, 0.1) is 0 Å². The second kappa shape index (κ2) is 7.19. The van der Waals surface area contributed by atoms with E-state index in [0.29, 0.717) is 5.69 Å². The standard InChI is InChI=1S/C15H20N4OS/c1-3-14-18-9-13(21-14)8-17-10(2)11-4-6-12(7-5-11)19-15(16)20/h4-7,9-10,17H,3,8H2,1-2H3,(H3,16,19,20). The van der Waals surface area contributed by atoms with Crippen molar-refractivity contribution in [1.82, 2.24) is 10.3 Å². The van der Waals surface area contributed by atoms with Crippen LogP contribution in [0.15, 0.2) is 30.5 Å². The number of rotatable bonds is 6. The van der Waals surface area contributed by atoms with E-state index in [1.165, 1.54) is 9.88 Å². The average molecular weight is 304 g/mol. The maximum atomic E-state index is 10.8. The maximum absolute atomic E-state index is 10.8. The molecule has 1 atom stereocenters. The van der Waals surface area contributed by atoms with Crippen molar-refractivity contribution in [3.8, 4) is 0 Å². The number of hydrogen-bond donors (Lipinski definition) is 3. The van der Waals surface area contributed by atoms with E-state index in [1.807, 2.05) is 30.5 Å². The number of nitrogens with one attached hydrogen (secondary N) is 2. The summed E-state index contributed by atoms with van der Waals surface area (Å²) in [5.41, 5.74) is 6.94. The number of carbonyl (C=O) groups is 1. The van der Waals surface area contributed by atoms with Crippen LogP contribution in [0.25, 0.3) is 0 Å². The minimum atomic E-state index is -0.550. The second-order valence-electron chi connectivity index (χ2n) is 4.79. The molecule has 4 N–H and O–H groups in total. The lowest BCUT2D eigenvalue weighted by Crippen LogP contribution is -2.20. The van der Waals surface area contributed by atoms with E-state index in [2.05, 4.69) is 29.5 Å². The van der Waals surface area contributed by atoms with Crippen LogP contribution in [0.5, 0.6) is 0 Å². The molecule has 0 fully saturated rings. The molecule has 21 heavy (non-hydrogen) atoms. The number of thiazole rings is 1. The molecule has 0 spiro atoms. The molecule has 0 aliphatic heterocycles. The number of nitrogens with zero attached hydrogens (tertiary/aromatic N) is 1. The largest absolute Gasteiger partial charge is 0.351 e. The zero-order valence-corrected chi connectivity index (χ0v) is 13.0. The van der Waals surface area contributed by atoms with Gasteiger partial charge < -0.3 is 16.4 Å². The molecule has 1 aromatic carbocycles. The van der Waals surface area contributed by atoms with E-state index < -0.39 is 6.03 Å². The Hall–Kier alpha value is -1.92. The van der Waals surface area contributed by atoms with Gasteiger partial charge in [0.15, 0.2) is 0 Å². The summed E-state index contributed by atoms with van der Waals surface area (Å²) in [5.74, 6) is 0. The van der Waals surface area contributed by atoms with E-state index in [4.69, 9.17) is 5.73 Å². The van der Waals surface area contributed by atoms with Crippen LogP contribution in [0.1, 0.15) is 35.3 Å².